The Morgan fingerprint density at radius 1 is 1.65 bits per heavy atom. The van der Waals surface area contributed by atoms with Gasteiger partial charge >= 0.3 is 0 Å². The molecule has 6 heteroatoms. The van der Waals surface area contributed by atoms with Crippen LogP contribution in [0, 0.1) is 0 Å². The van der Waals surface area contributed by atoms with Gasteiger partial charge in [-0.25, -0.2) is 4.98 Å². The van der Waals surface area contributed by atoms with Gasteiger partial charge in [0, 0.05) is 6.54 Å². The van der Waals surface area contributed by atoms with Gasteiger partial charge < -0.3 is 19.8 Å². The number of ether oxygens (including phenoxy) is 2. The van der Waals surface area contributed by atoms with E-state index < -0.39 is 0 Å². The highest BCUT2D eigenvalue weighted by molar-refractivity contribution is 5.47. The first-order chi connectivity index (χ1) is 8.15. The van der Waals surface area contributed by atoms with E-state index in [0.717, 1.165) is 5.57 Å². The van der Waals surface area contributed by atoms with E-state index in [1.165, 1.54) is 13.4 Å². The number of aromatic amines is 1. The molecule has 0 saturated heterocycles. The van der Waals surface area contributed by atoms with E-state index in [1.54, 1.807) is 0 Å². The lowest BCUT2D eigenvalue weighted by molar-refractivity contribution is 0.167. The predicted molar refractivity (Wildman–Crippen MR) is 65.5 cm³/mol. The second-order valence-corrected chi connectivity index (χ2v) is 3.55. The fourth-order valence-corrected chi connectivity index (χ4v) is 1.19. The van der Waals surface area contributed by atoms with Crippen molar-refractivity contribution in [3.8, 4) is 5.75 Å². The third-order valence-electron chi connectivity index (χ3n) is 1.90. The van der Waals surface area contributed by atoms with Crippen LogP contribution >= 0.6 is 0 Å². The Balaban J connectivity index is 2.44. The van der Waals surface area contributed by atoms with Gasteiger partial charge in [-0.05, 0) is 6.92 Å². The lowest BCUT2D eigenvalue weighted by Gasteiger charge is -2.09. The minimum absolute atomic E-state index is 0.174. The SMILES string of the molecule is C=C(C)COCCNc1nc[nH]c(=O)c1OC. The van der Waals surface area contributed by atoms with Crippen molar-refractivity contribution < 1.29 is 9.47 Å². The molecule has 1 aromatic rings. The van der Waals surface area contributed by atoms with Crippen molar-refractivity contribution in [1.29, 1.82) is 0 Å². The van der Waals surface area contributed by atoms with E-state index in [2.05, 4.69) is 21.9 Å². The fourth-order valence-electron chi connectivity index (χ4n) is 1.19. The lowest BCUT2D eigenvalue weighted by atomic mass is 10.4. The standard InChI is InChI=1S/C11H17N3O3/c1-8(2)6-17-5-4-12-10-9(16-3)11(15)14-7-13-10/h7H,1,4-6H2,2-3H3,(H2,12,13,14,15). The summed E-state index contributed by atoms with van der Waals surface area (Å²) in [6.45, 7) is 7.20. The van der Waals surface area contributed by atoms with Crippen molar-refractivity contribution >= 4 is 5.82 Å². The van der Waals surface area contributed by atoms with Crippen LogP contribution in [0.4, 0.5) is 5.82 Å². The zero-order valence-electron chi connectivity index (χ0n) is 10.1. The Morgan fingerprint density at radius 2 is 2.41 bits per heavy atom. The summed E-state index contributed by atoms with van der Waals surface area (Å²) in [5.41, 5.74) is 0.657. The molecule has 1 heterocycles. The predicted octanol–water partition coefficient (Wildman–Crippen LogP) is 0.783. The number of nitrogens with zero attached hydrogens (tertiary/aromatic N) is 1. The maximum absolute atomic E-state index is 11.3. The van der Waals surface area contributed by atoms with Gasteiger partial charge in [-0.3, -0.25) is 4.79 Å². The molecular formula is C11H17N3O3. The Morgan fingerprint density at radius 3 is 3.06 bits per heavy atom. The van der Waals surface area contributed by atoms with Crippen LogP contribution < -0.4 is 15.6 Å². The third-order valence-corrected chi connectivity index (χ3v) is 1.90. The van der Waals surface area contributed by atoms with Crippen molar-refractivity contribution in [2.45, 2.75) is 6.92 Å². The van der Waals surface area contributed by atoms with Gasteiger partial charge in [0.25, 0.3) is 5.56 Å². The van der Waals surface area contributed by atoms with Gasteiger partial charge in [0.1, 0.15) is 0 Å². The number of methoxy groups -OCH3 is 1. The molecule has 0 aliphatic heterocycles. The van der Waals surface area contributed by atoms with Crippen molar-refractivity contribution in [2.24, 2.45) is 0 Å². The minimum atomic E-state index is -0.312. The minimum Gasteiger partial charge on any atom is -0.489 e. The molecule has 1 aromatic heterocycles. The molecule has 0 aromatic carbocycles. The molecular weight excluding hydrogens is 222 g/mol. The smallest absolute Gasteiger partial charge is 0.295 e. The second-order valence-electron chi connectivity index (χ2n) is 3.55. The number of hydrogen-bond donors (Lipinski definition) is 2. The van der Waals surface area contributed by atoms with Crippen LogP contribution in [0.5, 0.6) is 5.75 Å². The molecule has 0 bridgehead atoms. The molecule has 0 aliphatic rings. The van der Waals surface area contributed by atoms with Gasteiger partial charge in [-0.1, -0.05) is 12.2 Å². The highest BCUT2D eigenvalue weighted by atomic mass is 16.5. The Bertz CT molecular complexity index is 428. The van der Waals surface area contributed by atoms with Crippen LogP contribution in [0.15, 0.2) is 23.3 Å². The van der Waals surface area contributed by atoms with E-state index in [4.69, 9.17) is 9.47 Å². The molecule has 0 aliphatic carbocycles. The zero-order valence-corrected chi connectivity index (χ0v) is 10.1. The van der Waals surface area contributed by atoms with E-state index in [9.17, 15) is 4.79 Å². The highest BCUT2D eigenvalue weighted by Gasteiger charge is 2.07. The highest BCUT2D eigenvalue weighted by Crippen LogP contribution is 2.13. The van der Waals surface area contributed by atoms with Gasteiger partial charge in [0.05, 0.1) is 26.7 Å². The Kier molecular flexibility index (Phi) is 5.22. The number of anilines is 1. The summed E-state index contributed by atoms with van der Waals surface area (Å²) in [5.74, 6) is 0.586. The molecule has 0 atom stereocenters. The van der Waals surface area contributed by atoms with Gasteiger partial charge in [-0.2, -0.15) is 0 Å². The van der Waals surface area contributed by atoms with Crippen LogP contribution in [0.2, 0.25) is 0 Å². The normalized spacial score (nSPS) is 10.0. The van der Waals surface area contributed by atoms with Crippen LogP contribution in [-0.2, 0) is 4.74 Å². The molecule has 1 rings (SSSR count). The summed E-state index contributed by atoms with van der Waals surface area (Å²) in [6.07, 6.45) is 1.32. The zero-order chi connectivity index (χ0) is 12.7. The largest absolute Gasteiger partial charge is 0.489 e. The van der Waals surface area contributed by atoms with Crippen molar-refractivity contribution in [3.63, 3.8) is 0 Å². The van der Waals surface area contributed by atoms with E-state index >= 15 is 0 Å². The van der Waals surface area contributed by atoms with Crippen LogP contribution in [0.1, 0.15) is 6.92 Å². The second kappa shape index (κ2) is 6.70. The van der Waals surface area contributed by atoms with E-state index in [1.807, 2.05) is 6.92 Å². The third kappa shape index (κ3) is 4.28. The maximum Gasteiger partial charge on any atom is 0.295 e. The van der Waals surface area contributed by atoms with Gasteiger partial charge in [0.15, 0.2) is 5.82 Å². The van der Waals surface area contributed by atoms with Crippen LogP contribution in [0.25, 0.3) is 0 Å². The molecule has 2 N–H and O–H groups in total. The first kappa shape index (κ1) is 13.2. The molecule has 0 spiro atoms. The molecule has 6 nitrogen and oxygen atoms in total. The maximum atomic E-state index is 11.3. The molecule has 0 amide bonds. The molecule has 94 valence electrons. The first-order valence-corrected chi connectivity index (χ1v) is 5.22. The quantitative estimate of drug-likeness (QED) is 0.543. The summed E-state index contributed by atoms with van der Waals surface area (Å²) >= 11 is 0. The monoisotopic (exact) mass is 239 g/mol. The van der Waals surface area contributed by atoms with E-state index in [-0.39, 0.29) is 11.3 Å². The number of hydrogen-bond acceptors (Lipinski definition) is 5. The Labute approximate surface area is 99.7 Å². The summed E-state index contributed by atoms with van der Waals surface area (Å²) < 4.78 is 10.3. The topological polar surface area (TPSA) is 76.2 Å². The number of rotatable bonds is 7. The summed E-state index contributed by atoms with van der Waals surface area (Å²) in [4.78, 5) is 17.8. The fraction of sp³-hybridized carbons (Fsp3) is 0.455. The lowest BCUT2D eigenvalue weighted by Crippen LogP contribution is -2.17. The molecule has 0 fully saturated rings. The summed E-state index contributed by atoms with van der Waals surface area (Å²) in [7, 11) is 1.43. The van der Waals surface area contributed by atoms with E-state index in [0.29, 0.717) is 25.6 Å². The summed E-state index contributed by atoms with van der Waals surface area (Å²) in [5, 5.41) is 2.97. The number of aromatic nitrogens is 2. The Hall–Kier alpha value is -1.82. The van der Waals surface area contributed by atoms with Gasteiger partial charge in [-0.15, -0.1) is 0 Å². The molecule has 17 heavy (non-hydrogen) atoms. The summed E-state index contributed by atoms with van der Waals surface area (Å²) in [6, 6.07) is 0. The average Bonchev–Trinajstić information content (AvgIpc) is 2.28. The number of nitrogens with one attached hydrogen (secondary N) is 2. The van der Waals surface area contributed by atoms with Crippen LogP contribution in [-0.4, -0.2) is 36.8 Å². The average molecular weight is 239 g/mol. The molecule has 0 radical (unpaired) electrons. The first-order valence-electron chi connectivity index (χ1n) is 5.22. The molecule has 0 saturated carbocycles. The van der Waals surface area contributed by atoms with Gasteiger partial charge in [0.2, 0.25) is 5.75 Å². The van der Waals surface area contributed by atoms with Crippen molar-refractivity contribution in [2.75, 3.05) is 32.2 Å². The van der Waals surface area contributed by atoms with Crippen LogP contribution in [0.3, 0.4) is 0 Å². The molecule has 0 unspecified atom stereocenters. The number of H-pyrrole nitrogens is 1. The van der Waals surface area contributed by atoms with Crippen molar-refractivity contribution in [3.05, 3.63) is 28.8 Å². The van der Waals surface area contributed by atoms with Crippen molar-refractivity contribution in [1.82, 2.24) is 9.97 Å².